The molecule has 2 aromatic carbocycles. The van der Waals surface area contributed by atoms with Crippen LogP contribution in [0.3, 0.4) is 0 Å². The minimum atomic E-state index is -0.800. The first kappa shape index (κ1) is 18.2. The number of methoxy groups -OCH3 is 1. The molecule has 0 fully saturated rings. The first-order valence-corrected chi connectivity index (χ1v) is 7.89. The first-order chi connectivity index (χ1) is 11.9. The predicted octanol–water partition coefficient (Wildman–Crippen LogP) is 2.69. The number of ether oxygens (including phenoxy) is 1. The molecule has 0 aliphatic rings. The Morgan fingerprint density at radius 1 is 1.12 bits per heavy atom. The molecule has 0 radical (unpaired) electrons. The number of hydrogen-bond acceptors (Lipinski definition) is 4. The van der Waals surface area contributed by atoms with Gasteiger partial charge < -0.3 is 10.1 Å². The van der Waals surface area contributed by atoms with Crippen LogP contribution in [0.2, 0.25) is 0 Å². The highest BCUT2D eigenvalue weighted by Gasteiger charge is 2.22. The molecular formula is C20H20N2O3. The van der Waals surface area contributed by atoms with Gasteiger partial charge in [0.25, 0.3) is 5.91 Å². The van der Waals surface area contributed by atoms with Gasteiger partial charge in [0.1, 0.15) is 6.04 Å². The van der Waals surface area contributed by atoms with Crippen molar-refractivity contribution in [1.29, 1.82) is 5.26 Å². The fourth-order valence-electron chi connectivity index (χ4n) is 2.63. The van der Waals surface area contributed by atoms with Crippen LogP contribution in [0.1, 0.15) is 32.6 Å². The molecule has 5 nitrogen and oxygen atoms in total. The van der Waals surface area contributed by atoms with Crippen LogP contribution in [0.15, 0.2) is 42.5 Å². The van der Waals surface area contributed by atoms with Gasteiger partial charge >= 0.3 is 5.97 Å². The van der Waals surface area contributed by atoms with Crippen molar-refractivity contribution in [3.05, 3.63) is 70.3 Å². The van der Waals surface area contributed by atoms with Crippen molar-refractivity contribution in [1.82, 2.24) is 5.32 Å². The van der Waals surface area contributed by atoms with Gasteiger partial charge in [-0.25, -0.2) is 4.79 Å². The van der Waals surface area contributed by atoms with Crippen molar-refractivity contribution in [3.63, 3.8) is 0 Å². The molecule has 1 N–H and O–H groups in total. The second-order valence-corrected chi connectivity index (χ2v) is 5.94. The summed E-state index contributed by atoms with van der Waals surface area (Å²) >= 11 is 0. The average molecular weight is 336 g/mol. The minimum absolute atomic E-state index is 0.287. The van der Waals surface area contributed by atoms with E-state index in [-0.39, 0.29) is 12.3 Å². The number of hydrogen-bond donors (Lipinski definition) is 1. The fourth-order valence-corrected chi connectivity index (χ4v) is 2.63. The first-order valence-electron chi connectivity index (χ1n) is 7.89. The van der Waals surface area contributed by atoms with Crippen molar-refractivity contribution < 1.29 is 14.3 Å². The number of benzene rings is 2. The summed E-state index contributed by atoms with van der Waals surface area (Å²) in [7, 11) is 1.29. The maximum Gasteiger partial charge on any atom is 0.328 e. The summed E-state index contributed by atoms with van der Waals surface area (Å²) in [6.07, 6.45) is 0.287. The van der Waals surface area contributed by atoms with Gasteiger partial charge in [0.2, 0.25) is 0 Å². The van der Waals surface area contributed by atoms with Crippen molar-refractivity contribution >= 4 is 11.9 Å². The molecule has 0 aromatic heterocycles. The number of aryl methyl sites for hydroxylation is 2. The summed E-state index contributed by atoms with van der Waals surface area (Å²) in [5.74, 6) is -0.835. The van der Waals surface area contributed by atoms with Crippen molar-refractivity contribution in [2.45, 2.75) is 26.3 Å². The molecule has 0 unspecified atom stereocenters. The molecule has 1 atom stereocenters. The number of esters is 1. The van der Waals surface area contributed by atoms with Crippen LogP contribution in [0.4, 0.5) is 0 Å². The maximum absolute atomic E-state index is 12.5. The summed E-state index contributed by atoms with van der Waals surface area (Å²) < 4.78 is 4.81. The third-order valence-corrected chi connectivity index (χ3v) is 3.80. The zero-order chi connectivity index (χ0) is 18.4. The lowest BCUT2D eigenvalue weighted by Crippen LogP contribution is -2.43. The topological polar surface area (TPSA) is 79.2 Å². The molecule has 128 valence electrons. The van der Waals surface area contributed by atoms with E-state index in [1.165, 1.54) is 7.11 Å². The fraction of sp³-hybridized carbons (Fsp3) is 0.250. The van der Waals surface area contributed by atoms with E-state index in [1.807, 2.05) is 26.0 Å². The van der Waals surface area contributed by atoms with Gasteiger partial charge in [-0.3, -0.25) is 4.79 Å². The number of nitrogens with one attached hydrogen (secondary N) is 1. The van der Waals surface area contributed by atoms with Crippen LogP contribution in [0.5, 0.6) is 0 Å². The highest BCUT2D eigenvalue weighted by molar-refractivity contribution is 5.97. The summed E-state index contributed by atoms with van der Waals surface area (Å²) in [6, 6.07) is 13.6. The van der Waals surface area contributed by atoms with Crippen LogP contribution >= 0.6 is 0 Å². The zero-order valence-electron chi connectivity index (χ0n) is 14.5. The van der Waals surface area contributed by atoms with Gasteiger partial charge in [0.05, 0.1) is 18.7 Å². The lowest BCUT2D eigenvalue weighted by Gasteiger charge is -2.17. The number of nitriles is 1. The lowest BCUT2D eigenvalue weighted by atomic mass is 10.0. The third kappa shape index (κ3) is 4.92. The van der Waals surface area contributed by atoms with Crippen LogP contribution < -0.4 is 5.32 Å². The molecule has 0 aliphatic carbocycles. The molecule has 25 heavy (non-hydrogen) atoms. The van der Waals surface area contributed by atoms with E-state index in [4.69, 9.17) is 10.00 Å². The van der Waals surface area contributed by atoms with E-state index < -0.39 is 12.0 Å². The molecule has 0 bridgehead atoms. The Bertz CT molecular complexity index is 800. The molecule has 5 heteroatoms. The second kappa shape index (κ2) is 8.11. The van der Waals surface area contributed by atoms with E-state index in [0.717, 1.165) is 16.7 Å². The number of carbonyl (C=O) groups excluding carboxylic acids is 2. The minimum Gasteiger partial charge on any atom is -0.467 e. The Labute approximate surface area is 147 Å². The predicted molar refractivity (Wildman–Crippen MR) is 94.0 cm³/mol. The van der Waals surface area contributed by atoms with Gasteiger partial charge in [-0.1, -0.05) is 29.3 Å². The Morgan fingerprint density at radius 2 is 1.72 bits per heavy atom. The summed E-state index contributed by atoms with van der Waals surface area (Å²) in [5, 5.41) is 11.6. The summed E-state index contributed by atoms with van der Waals surface area (Å²) in [4.78, 5) is 24.6. The molecule has 0 saturated heterocycles. The van der Waals surface area contributed by atoms with Crippen LogP contribution in [-0.2, 0) is 16.0 Å². The normalized spacial score (nSPS) is 11.3. The molecule has 0 spiro atoms. The molecule has 1 amide bonds. The van der Waals surface area contributed by atoms with E-state index in [2.05, 4.69) is 5.32 Å². The van der Waals surface area contributed by atoms with Gasteiger partial charge in [0.15, 0.2) is 0 Å². The summed E-state index contributed by atoms with van der Waals surface area (Å²) in [5.41, 5.74) is 3.83. The van der Waals surface area contributed by atoms with Crippen molar-refractivity contribution in [2.75, 3.05) is 7.11 Å². The number of amides is 1. The van der Waals surface area contributed by atoms with Crippen LogP contribution in [0.25, 0.3) is 0 Å². The smallest absolute Gasteiger partial charge is 0.328 e. The zero-order valence-corrected chi connectivity index (χ0v) is 14.5. The molecular weight excluding hydrogens is 316 g/mol. The number of rotatable bonds is 5. The quantitative estimate of drug-likeness (QED) is 0.852. The highest BCUT2D eigenvalue weighted by atomic mass is 16.5. The SMILES string of the molecule is COC(=O)[C@H](Cc1ccc(C#N)cc1)NC(=O)c1cc(C)cc(C)c1. The van der Waals surface area contributed by atoms with E-state index in [0.29, 0.717) is 11.1 Å². The maximum atomic E-state index is 12.5. The van der Waals surface area contributed by atoms with Gasteiger partial charge in [-0.15, -0.1) is 0 Å². The molecule has 0 heterocycles. The highest BCUT2D eigenvalue weighted by Crippen LogP contribution is 2.11. The van der Waals surface area contributed by atoms with Gasteiger partial charge in [0, 0.05) is 12.0 Å². The van der Waals surface area contributed by atoms with Crippen molar-refractivity contribution in [3.8, 4) is 6.07 Å². The van der Waals surface area contributed by atoms with Gasteiger partial charge in [-0.2, -0.15) is 5.26 Å². The molecule has 2 rings (SSSR count). The Kier molecular flexibility index (Phi) is 5.91. The standard InChI is InChI=1S/C20H20N2O3/c1-13-8-14(2)10-17(9-13)19(23)22-18(20(24)25-3)11-15-4-6-16(12-21)7-5-15/h4-10,18H,11H2,1-3H3,(H,22,23)/t18-/m0/s1. The summed E-state index contributed by atoms with van der Waals surface area (Å²) in [6.45, 7) is 3.83. The largest absolute Gasteiger partial charge is 0.467 e. The number of carbonyl (C=O) groups is 2. The van der Waals surface area contributed by atoms with E-state index in [1.54, 1.807) is 36.4 Å². The second-order valence-electron chi connectivity index (χ2n) is 5.94. The van der Waals surface area contributed by atoms with Gasteiger partial charge in [-0.05, 0) is 43.7 Å². The Morgan fingerprint density at radius 3 is 2.24 bits per heavy atom. The Hall–Kier alpha value is -3.13. The van der Waals surface area contributed by atoms with Crippen LogP contribution in [0, 0.1) is 25.2 Å². The van der Waals surface area contributed by atoms with Crippen molar-refractivity contribution in [2.24, 2.45) is 0 Å². The average Bonchev–Trinajstić information content (AvgIpc) is 2.60. The Balaban J connectivity index is 2.18. The van der Waals surface area contributed by atoms with E-state index in [9.17, 15) is 9.59 Å². The lowest BCUT2D eigenvalue weighted by molar-refractivity contribution is -0.142. The van der Waals surface area contributed by atoms with Crippen LogP contribution in [-0.4, -0.2) is 25.0 Å². The third-order valence-electron chi connectivity index (χ3n) is 3.80. The molecule has 0 aliphatic heterocycles. The molecule has 0 saturated carbocycles. The monoisotopic (exact) mass is 336 g/mol. The molecule has 2 aromatic rings. The van der Waals surface area contributed by atoms with E-state index >= 15 is 0 Å². The number of nitrogens with zero attached hydrogens (tertiary/aromatic N) is 1.